The molecule has 1 aliphatic heterocycles. The fourth-order valence-corrected chi connectivity index (χ4v) is 4.74. The lowest BCUT2D eigenvalue weighted by Gasteiger charge is -2.26. The van der Waals surface area contributed by atoms with Gasteiger partial charge in [-0.3, -0.25) is 14.9 Å². The smallest absolute Gasteiger partial charge is 0.335 e. The largest absolute Gasteiger partial charge is 0.490 e. The van der Waals surface area contributed by atoms with E-state index in [-0.39, 0.29) is 46.6 Å². The molecule has 4 amide bonds. The number of carboxylic acid groups (broad SMARTS) is 1. The van der Waals surface area contributed by atoms with Crippen LogP contribution in [-0.2, 0) is 22.8 Å². The van der Waals surface area contributed by atoms with E-state index in [1.165, 1.54) is 24.3 Å². The predicted molar refractivity (Wildman–Crippen MR) is 167 cm³/mol. The minimum absolute atomic E-state index is 0.0776. The minimum Gasteiger partial charge on any atom is -0.490 e. The highest BCUT2D eigenvalue weighted by molar-refractivity contribution is 6.39. The van der Waals surface area contributed by atoms with Gasteiger partial charge < -0.3 is 19.3 Å². The lowest BCUT2D eigenvalue weighted by atomic mass is 10.1. The quantitative estimate of drug-likeness (QED) is 0.147. The van der Waals surface area contributed by atoms with Gasteiger partial charge in [-0.25, -0.2) is 14.5 Å². The van der Waals surface area contributed by atoms with E-state index in [0.717, 1.165) is 10.5 Å². The number of imide groups is 2. The Labute approximate surface area is 263 Å². The van der Waals surface area contributed by atoms with Crippen molar-refractivity contribution in [2.24, 2.45) is 0 Å². The number of anilines is 1. The van der Waals surface area contributed by atoms with Crippen molar-refractivity contribution < 1.29 is 38.5 Å². The minimum atomic E-state index is -1.03. The highest BCUT2D eigenvalue weighted by Gasteiger charge is 2.37. The fourth-order valence-electron chi connectivity index (χ4n) is 4.46. The topological polar surface area (TPSA) is 131 Å². The molecule has 0 bridgehead atoms. The molecule has 45 heavy (non-hydrogen) atoms. The van der Waals surface area contributed by atoms with Crippen LogP contribution in [0.1, 0.15) is 34.0 Å². The van der Waals surface area contributed by atoms with Crippen molar-refractivity contribution in [3.8, 4) is 17.2 Å². The first-order chi connectivity index (χ1) is 21.7. The molecule has 4 aromatic carbocycles. The van der Waals surface area contributed by atoms with Crippen LogP contribution in [0.3, 0.4) is 0 Å². The number of nitrogens with one attached hydrogen (secondary N) is 1. The molecule has 4 aromatic rings. The van der Waals surface area contributed by atoms with Crippen LogP contribution in [0, 0.1) is 0 Å². The number of halogens is 1. The lowest BCUT2D eigenvalue weighted by Crippen LogP contribution is -2.54. The van der Waals surface area contributed by atoms with E-state index < -0.39 is 23.8 Å². The van der Waals surface area contributed by atoms with Crippen LogP contribution in [-0.4, -0.2) is 35.5 Å². The Morgan fingerprint density at radius 2 is 1.53 bits per heavy atom. The molecule has 228 valence electrons. The van der Waals surface area contributed by atoms with Crippen LogP contribution in [0.25, 0.3) is 6.08 Å². The molecular formula is C34H27ClN2O8. The molecule has 0 saturated carbocycles. The maximum absolute atomic E-state index is 13.5. The monoisotopic (exact) mass is 626 g/mol. The molecular weight excluding hydrogens is 600 g/mol. The molecule has 0 spiro atoms. The zero-order valence-corrected chi connectivity index (χ0v) is 24.7. The van der Waals surface area contributed by atoms with E-state index in [4.69, 9.17) is 30.9 Å². The number of rotatable bonds is 11. The molecule has 5 rings (SSSR count). The van der Waals surface area contributed by atoms with Crippen LogP contribution in [0.2, 0.25) is 5.02 Å². The predicted octanol–water partition coefficient (Wildman–Crippen LogP) is 6.26. The molecule has 2 N–H and O–H groups in total. The summed E-state index contributed by atoms with van der Waals surface area (Å²) in [5.41, 5.74) is 2.16. The maximum atomic E-state index is 13.5. The second kappa shape index (κ2) is 13.8. The van der Waals surface area contributed by atoms with E-state index in [0.29, 0.717) is 23.5 Å². The molecule has 11 heteroatoms. The number of benzene rings is 4. The number of hydrogen-bond acceptors (Lipinski definition) is 7. The normalized spacial score (nSPS) is 13.9. The molecule has 0 aromatic heterocycles. The van der Waals surface area contributed by atoms with Crippen molar-refractivity contribution >= 4 is 47.2 Å². The second-order valence-corrected chi connectivity index (χ2v) is 10.2. The number of nitrogens with zero attached hydrogens (tertiary/aromatic N) is 1. The number of hydrogen-bond donors (Lipinski definition) is 2. The van der Waals surface area contributed by atoms with Crippen LogP contribution in [0.4, 0.5) is 10.5 Å². The molecule has 1 saturated heterocycles. The van der Waals surface area contributed by atoms with Crippen LogP contribution in [0.5, 0.6) is 17.2 Å². The molecule has 1 heterocycles. The Morgan fingerprint density at radius 1 is 0.867 bits per heavy atom. The molecule has 1 fully saturated rings. The van der Waals surface area contributed by atoms with Gasteiger partial charge in [-0.15, -0.1) is 0 Å². The lowest BCUT2D eigenvalue weighted by molar-refractivity contribution is -0.122. The summed E-state index contributed by atoms with van der Waals surface area (Å²) >= 11 is 6.55. The summed E-state index contributed by atoms with van der Waals surface area (Å²) in [6.45, 7) is 2.47. The van der Waals surface area contributed by atoms with Crippen molar-refractivity contribution in [3.05, 3.63) is 124 Å². The Bertz CT molecular complexity index is 1770. The molecule has 0 unspecified atom stereocenters. The number of carbonyl (C=O) groups excluding carboxylic acids is 3. The van der Waals surface area contributed by atoms with Gasteiger partial charge in [-0.05, 0) is 78.2 Å². The SMILES string of the molecule is CCOc1cc(/C=C2\C(=O)NC(=O)N(c3ccc(OCc4ccccc4)cc3)C2=O)cc(Cl)c1OCc1ccc(C(=O)O)cc1. The third kappa shape index (κ3) is 7.31. The van der Waals surface area contributed by atoms with Crippen molar-refractivity contribution in [3.63, 3.8) is 0 Å². The van der Waals surface area contributed by atoms with Gasteiger partial charge in [-0.2, -0.15) is 0 Å². The van der Waals surface area contributed by atoms with Gasteiger partial charge in [0, 0.05) is 0 Å². The van der Waals surface area contributed by atoms with Gasteiger partial charge in [0.25, 0.3) is 11.8 Å². The van der Waals surface area contributed by atoms with Gasteiger partial charge in [0.15, 0.2) is 11.5 Å². The summed E-state index contributed by atoms with van der Waals surface area (Å²) < 4.78 is 17.4. The number of carboxylic acids is 1. The average molecular weight is 627 g/mol. The number of carbonyl (C=O) groups is 4. The Morgan fingerprint density at radius 3 is 2.20 bits per heavy atom. The van der Waals surface area contributed by atoms with Gasteiger partial charge in [0.05, 0.1) is 22.9 Å². The zero-order valence-electron chi connectivity index (χ0n) is 24.0. The fraction of sp³-hybridized carbons (Fsp3) is 0.118. The molecule has 0 atom stereocenters. The summed E-state index contributed by atoms with van der Waals surface area (Å²) in [5, 5.41) is 11.5. The number of ether oxygens (including phenoxy) is 3. The van der Waals surface area contributed by atoms with Crippen LogP contribution in [0.15, 0.2) is 96.6 Å². The highest BCUT2D eigenvalue weighted by Crippen LogP contribution is 2.38. The standard InChI is InChI=1S/C34H27ClN2O8/c1-2-43-29-18-23(17-28(35)30(29)45-20-22-8-10-24(11-9-22)33(40)41)16-27-31(38)36-34(42)37(32(27)39)25-12-14-26(15-13-25)44-19-21-6-4-3-5-7-21/h3-18H,2,19-20H2,1H3,(H,40,41)(H,36,38,42)/b27-16+. The molecule has 0 radical (unpaired) electrons. The number of urea groups is 1. The summed E-state index contributed by atoms with van der Waals surface area (Å²) in [6.07, 6.45) is 1.32. The van der Waals surface area contributed by atoms with E-state index in [9.17, 15) is 19.2 Å². The number of amides is 4. The number of barbiturate groups is 1. The number of aromatic carboxylic acids is 1. The average Bonchev–Trinajstić information content (AvgIpc) is 3.03. The van der Waals surface area contributed by atoms with Crippen molar-refractivity contribution in [1.29, 1.82) is 0 Å². The van der Waals surface area contributed by atoms with Crippen LogP contribution >= 0.6 is 11.6 Å². The van der Waals surface area contributed by atoms with E-state index in [2.05, 4.69) is 5.32 Å². The third-order valence-electron chi connectivity index (χ3n) is 6.67. The van der Waals surface area contributed by atoms with E-state index >= 15 is 0 Å². The maximum Gasteiger partial charge on any atom is 0.335 e. The van der Waals surface area contributed by atoms with E-state index in [1.54, 1.807) is 49.4 Å². The van der Waals surface area contributed by atoms with Crippen molar-refractivity contribution in [1.82, 2.24) is 5.32 Å². The first-order valence-electron chi connectivity index (χ1n) is 13.8. The highest BCUT2D eigenvalue weighted by atomic mass is 35.5. The summed E-state index contributed by atoms with van der Waals surface area (Å²) in [7, 11) is 0. The van der Waals surface area contributed by atoms with Gasteiger partial charge in [-0.1, -0.05) is 54.1 Å². The van der Waals surface area contributed by atoms with Gasteiger partial charge >= 0.3 is 12.0 Å². The second-order valence-electron chi connectivity index (χ2n) is 9.78. The summed E-state index contributed by atoms with van der Waals surface area (Å²) in [6, 6.07) is 24.3. The Kier molecular flexibility index (Phi) is 9.45. The Balaban J connectivity index is 1.35. The van der Waals surface area contributed by atoms with Crippen molar-refractivity contribution in [2.75, 3.05) is 11.5 Å². The summed E-state index contributed by atoms with van der Waals surface area (Å²) in [4.78, 5) is 50.9. The first kappa shape index (κ1) is 30.8. The molecule has 1 aliphatic rings. The Hall–Kier alpha value is -5.61. The van der Waals surface area contributed by atoms with E-state index in [1.807, 2.05) is 30.3 Å². The van der Waals surface area contributed by atoms with Gasteiger partial charge in [0.2, 0.25) is 0 Å². The van der Waals surface area contributed by atoms with Crippen LogP contribution < -0.4 is 24.4 Å². The first-order valence-corrected chi connectivity index (χ1v) is 14.2. The summed E-state index contributed by atoms with van der Waals surface area (Å²) in [5.74, 6) is -1.68. The van der Waals surface area contributed by atoms with Gasteiger partial charge in [0.1, 0.15) is 24.5 Å². The molecule has 0 aliphatic carbocycles. The molecule has 10 nitrogen and oxygen atoms in total. The van der Waals surface area contributed by atoms with Crippen molar-refractivity contribution in [2.45, 2.75) is 20.1 Å². The zero-order chi connectivity index (χ0) is 31.9. The third-order valence-corrected chi connectivity index (χ3v) is 6.95.